The summed E-state index contributed by atoms with van der Waals surface area (Å²) in [4.78, 5) is 12.1. The van der Waals surface area contributed by atoms with Crippen LogP contribution in [0.5, 0.6) is 0 Å². The summed E-state index contributed by atoms with van der Waals surface area (Å²) < 4.78 is 13.6. The smallest absolute Gasteiger partial charge is 0.251 e. The van der Waals surface area contributed by atoms with Gasteiger partial charge in [-0.05, 0) is 61.2 Å². The van der Waals surface area contributed by atoms with Crippen molar-refractivity contribution < 1.29 is 9.18 Å². The number of aryl methyl sites for hydroxylation is 3. The predicted octanol–water partition coefficient (Wildman–Crippen LogP) is 3.26. The maximum Gasteiger partial charge on any atom is 0.251 e. The predicted molar refractivity (Wildman–Crippen MR) is 82.6 cm³/mol. The van der Waals surface area contributed by atoms with E-state index >= 15 is 0 Å². The molecule has 0 radical (unpaired) electrons. The Morgan fingerprint density at radius 1 is 1.10 bits per heavy atom. The van der Waals surface area contributed by atoms with Crippen molar-refractivity contribution in [1.29, 1.82) is 0 Å². The van der Waals surface area contributed by atoms with Crippen molar-refractivity contribution in [2.45, 2.75) is 27.3 Å². The summed E-state index contributed by atoms with van der Waals surface area (Å²) in [6, 6.07) is 8.66. The largest absolute Gasteiger partial charge is 0.399 e. The Morgan fingerprint density at radius 2 is 1.71 bits per heavy atom. The average molecular weight is 286 g/mol. The first kappa shape index (κ1) is 15.0. The van der Waals surface area contributed by atoms with Gasteiger partial charge in [0.15, 0.2) is 0 Å². The SMILES string of the molecule is Cc1cc(C(=O)NCc2cc(C)c(F)c(C)c2)ccc1N. The minimum atomic E-state index is -0.195. The lowest BCUT2D eigenvalue weighted by Crippen LogP contribution is -2.23. The minimum Gasteiger partial charge on any atom is -0.399 e. The highest BCUT2D eigenvalue weighted by atomic mass is 19.1. The zero-order chi connectivity index (χ0) is 15.6. The molecule has 21 heavy (non-hydrogen) atoms. The van der Waals surface area contributed by atoms with Gasteiger partial charge in [-0.25, -0.2) is 4.39 Å². The molecule has 0 atom stereocenters. The van der Waals surface area contributed by atoms with Gasteiger partial charge in [-0.2, -0.15) is 0 Å². The molecule has 0 fully saturated rings. The van der Waals surface area contributed by atoms with Crippen molar-refractivity contribution >= 4 is 11.6 Å². The Morgan fingerprint density at radius 3 is 2.29 bits per heavy atom. The highest BCUT2D eigenvalue weighted by Gasteiger charge is 2.08. The third kappa shape index (κ3) is 3.40. The zero-order valence-corrected chi connectivity index (χ0v) is 12.5. The molecule has 0 aromatic heterocycles. The van der Waals surface area contributed by atoms with Gasteiger partial charge in [-0.3, -0.25) is 4.79 Å². The van der Waals surface area contributed by atoms with Gasteiger partial charge in [0.25, 0.3) is 5.91 Å². The molecule has 0 spiro atoms. The molecular formula is C17H19FN2O. The minimum absolute atomic E-state index is 0.169. The first-order valence-electron chi connectivity index (χ1n) is 6.78. The molecule has 0 aliphatic carbocycles. The lowest BCUT2D eigenvalue weighted by atomic mass is 10.1. The molecular weight excluding hydrogens is 267 g/mol. The topological polar surface area (TPSA) is 55.1 Å². The maximum atomic E-state index is 13.6. The molecule has 0 bridgehead atoms. The number of rotatable bonds is 3. The van der Waals surface area contributed by atoms with Crippen LogP contribution < -0.4 is 11.1 Å². The van der Waals surface area contributed by atoms with Crippen LogP contribution in [0.3, 0.4) is 0 Å². The number of benzene rings is 2. The summed E-state index contributed by atoms with van der Waals surface area (Å²) in [6.07, 6.45) is 0. The molecule has 2 rings (SSSR count). The van der Waals surface area contributed by atoms with E-state index in [1.54, 1.807) is 44.2 Å². The van der Waals surface area contributed by atoms with Crippen molar-refractivity contribution in [2.75, 3.05) is 5.73 Å². The highest BCUT2D eigenvalue weighted by Crippen LogP contribution is 2.15. The van der Waals surface area contributed by atoms with Crippen LogP contribution in [0.4, 0.5) is 10.1 Å². The number of amides is 1. The van der Waals surface area contributed by atoms with Crippen molar-refractivity contribution in [3.63, 3.8) is 0 Å². The van der Waals surface area contributed by atoms with Crippen LogP contribution in [0.2, 0.25) is 0 Å². The van der Waals surface area contributed by atoms with Gasteiger partial charge in [-0.15, -0.1) is 0 Å². The number of hydrogen-bond donors (Lipinski definition) is 2. The normalized spacial score (nSPS) is 10.5. The van der Waals surface area contributed by atoms with Crippen molar-refractivity contribution in [1.82, 2.24) is 5.32 Å². The van der Waals surface area contributed by atoms with Gasteiger partial charge in [0.2, 0.25) is 0 Å². The van der Waals surface area contributed by atoms with Crippen LogP contribution in [0.1, 0.15) is 32.6 Å². The second-order valence-corrected chi connectivity index (χ2v) is 5.30. The summed E-state index contributed by atoms with van der Waals surface area (Å²) in [6.45, 7) is 5.66. The molecule has 3 nitrogen and oxygen atoms in total. The van der Waals surface area contributed by atoms with Gasteiger partial charge in [-0.1, -0.05) is 12.1 Å². The van der Waals surface area contributed by atoms with Gasteiger partial charge < -0.3 is 11.1 Å². The number of anilines is 1. The summed E-state index contributed by atoms with van der Waals surface area (Å²) in [5, 5.41) is 2.83. The van der Waals surface area contributed by atoms with Gasteiger partial charge in [0.05, 0.1) is 0 Å². The van der Waals surface area contributed by atoms with Crippen molar-refractivity contribution in [3.05, 3.63) is 64.0 Å². The zero-order valence-electron chi connectivity index (χ0n) is 12.5. The van der Waals surface area contributed by atoms with Gasteiger partial charge in [0.1, 0.15) is 5.82 Å². The number of carbonyl (C=O) groups excluding carboxylic acids is 1. The van der Waals surface area contributed by atoms with E-state index in [-0.39, 0.29) is 11.7 Å². The molecule has 110 valence electrons. The lowest BCUT2D eigenvalue weighted by molar-refractivity contribution is 0.0951. The number of carbonyl (C=O) groups is 1. The second kappa shape index (κ2) is 5.95. The van der Waals surface area contributed by atoms with Crippen LogP contribution in [-0.2, 0) is 6.54 Å². The first-order valence-corrected chi connectivity index (χ1v) is 6.78. The third-order valence-electron chi connectivity index (χ3n) is 3.48. The number of hydrogen-bond acceptors (Lipinski definition) is 2. The molecule has 0 heterocycles. The first-order chi connectivity index (χ1) is 9.88. The average Bonchev–Trinajstić information content (AvgIpc) is 2.44. The monoisotopic (exact) mass is 286 g/mol. The Kier molecular flexibility index (Phi) is 4.26. The highest BCUT2D eigenvalue weighted by molar-refractivity contribution is 5.94. The summed E-state index contributed by atoms with van der Waals surface area (Å²) in [5.74, 6) is -0.364. The van der Waals surface area contributed by atoms with Crippen LogP contribution in [0.15, 0.2) is 30.3 Å². The van der Waals surface area contributed by atoms with E-state index in [1.807, 2.05) is 6.92 Å². The van der Waals surface area contributed by atoms with Crippen LogP contribution >= 0.6 is 0 Å². The molecule has 0 saturated carbocycles. The summed E-state index contributed by atoms with van der Waals surface area (Å²) in [5.41, 5.74) is 9.89. The van der Waals surface area contributed by atoms with Gasteiger partial charge in [0, 0.05) is 17.8 Å². The number of nitrogens with two attached hydrogens (primary N) is 1. The van der Waals surface area contributed by atoms with E-state index in [0.29, 0.717) is 28.9 Å². The summed E-state index contributed by atoms with van der Waals surface area (Å²) >= 11 is 0. The molecule has 2 aromatic rings. The van der Waals surface area contributed by atoms with Crippen LogP contribution in [0.25, 0.3) is 0 Å². The number of halogens is 1. The Bertz CT molecular complexity index is 672. The van der Waals surface area contributed by atoms with Crippen molar-refractivity contribution in [2.24, 2.45) is 0 Å². The Hall–Kier alpha value is -2.36. The third-order valence-corrected chi connectivity index (χ3v) is 3.48. The van der Waals surface area contributed by atoms with E-state index in [0.717, 1.165) is 11.1 Å². The fraction of sp³-hybridized carbons (Fsp3) is 0.235. The Balaban J connectivity index is 2.09. The van der Waals surface area contributed by atoms with E-state index in [2.05, 4.69) is 5.32 Å². The molecule has 0 aliphatic heterocycles. The van der Waals surface area contributed by atoms with E-state index < -0.39 is 0 Å². The van der Waals surface area contributed by atoms with E-state index in [4.69, 9.17) is 5.73 Å². The summed E-state index contributed by atoms with van der Waals surface area (Å²) in [7, 11) is 0. The van der Waals surface area contributed by atoms with E-state index in [1.165, 1.54) is 0 Å². The van der Waals surface area contributed by atoms with E-state index in [9.17, 15) is 9.18 Å². The second-order valence-electron chi connectivity index (χ2n) is 5.30. The standard InChI is InChI=1S/C17H19FN2O/c1-10-8-14(4-5-15(10)19)17(21)20-9-13-6-11(2)16(18)12(3)7-13/h4-8H,9,19H2,1-3H3,(H,20,21). The number of nitrogen functional groups attached to an aromatic ring is 1. The number of nitrogens with one attached hydrogen (secondary N) is 1. The Labute approximate surface area is 124 Å². The quantitative estimate of drug-likeness (QED) is 0.851. The maximum absolute atomic E-state index is 13.6. The molecule has 2 aromatic carbocycles. The fourth-order valence-electron chi connectivity index (χ4n) is 2.24. The molecule has 3 N–H and O–H groups in total. The van der Waals surface area contributed by atoms with Crippen molar-refractivity contribution in [3.8, 4) is 0 Å². The van der Waals surface area contributed by atoms with Gasteiger partial charge >= 0.3 is 0 Å². The molecule has 0 saturated heterocycles. The fourth-order valence-corrected chi connectivity index (χ4v) is 2.24. The molecule has 4 heteroatoms. The van der Waals surface area contributed by atoms with Crippen LogP contribution in [-0.4, -0.2) is 5.91 Å². The molecule has 1 amide bonds. The molecule has 0 unspecified atom stereocenters. The molecule has 0 aliphatic rings. The van der Waals surface area contributed by atoms with Crippen LogP contribution in [0, 0.1) is 26.6 Å². The lowest BCUT2D eigenvalue weighted by Gasteiger charge is -2.09.